The molecule has 0 aliphatic carbocycles. The van der Waals surface area contributed by atoms with E-state index in [0.29, 0.717) is 5.69 Å². The van der Waals surface area contributed by atoms with Gasteiger partial charge in [0.05, 0.1) is 0 Å². The fourth-order valence-corrected chi connectivity index (χ4v) is 1.23. The Morgan fingerprint density at radius 2 is 2.20 bits per heavy atom. The van der Waals surface area contributed by atoms with Crippen LogP contribution in [-0.2, 0) is 0 Å². The van der Waals surface area contributed by atoms with E-state index in [2.05, 4.69) is 4.98 Å². The summed E-state index contributed by atoms with van der Waals surface area (Å²) in [4.78, 5) is 25.9. The largest absolute Gasteiger partial charge is 0.477 e. The minimum atomic E-state index is -1.23. The van der Waals surface area contributed by atoms with Crippen LogP contribution >= 0.6 is 0 Å². The zero-order chi connectivity index (χ0) is 11.0. The molecule has 0 saturated carbocycles. The third-order valence-electron chi connectivity index (χ3n) is 1.90. The lowest BCUT2D eigenvalue weighted by atomic mass is 10.3. The Bertz CT molecular complexity index is 603. The predicted molar refractivity (Wildman–Crippen MR) is 52.8 cm³/mol. The average molecular weight is 205 g/mol. The van der Waals surface area contributed by atoms with Crippen LogP contribution in [-0.4, -0.2) is 20.5 Å². The van der Waals surface area contributed by atoms with Crippen molar-refractivity contribution < 1.29 is 9.90 Å². The average Bonchev–Trinajstić information content (AvgIpc) is 2.18. The molecular weight excluding hydrogens is 198 g/mol. The maximum absolute atomic E-state index is 11.5. The van der Waals surface area contributed by atoms with E-state index in [0.717, 1.165) is 6.07 Å². The summed E-state index contributed by atoms with van der Waals surface area (Å²) in [5, 5.41) is 8.69. The molecule has 6 heteroatoms. The van der Waals surface area contributed by atoms with Crippen LogP contribution in [0, 0.1) is 0 Å². The molecule has 0 aliphatic heterocycles. The molecular formula is C9H7N3O3. The van der Waals surface area contributed by atoms with Crippen molar-refractivity contribution >= 4 is 17.3 Å². The summed E-state index contributed by atoms with van der Waals surface area (Å²) in [5.74, 6) is -1.23. The van der Waals surface area contributed by atoms with Crippen LogP contribution < -0.4 is 11.3 Å². The highest BCUT2D eigenvalue weighted by molar-refractivity contribution is 5.85. The predicted octanol–water partition coefficient (Wildman–Crippen LogP) is -0.0251. The lowest BCUT2D eigenvalue weighted by Gasteiger charge is -2.01. The molecule has 3 N–H and O–H groups in total. The lowest BCUT2D eigenvalue weighted by molar-refractivity contribution is 0.0690. The molecule has 76 valence electrons. The van der Waals surface area contributed by atoms with Crippen molar-refractivity contribution in [3.05, 3.63) is 40.4 Å². The first-order valence-corrected chi connectivity index (χ1v) is 4.10. The molecule has 0 bridgehead atoms. The fourth-order valence-electron chi connectivity index (χ4n) is 1.23. The summed E-state index contributed by atoms with van der Waals surface area (Å²) in [5.41, 5.74) is 5.42. The second-order valence-corrected chi connectivity index (χ2v) is 2.98. The Balaban J connectivity index is 2.84. The van der Waals surface area contributed by atoms with Gasteiger partial charge in [0.2, 0.25) is 0 Å². The number of anilines is 1. The van der Waals surface area contributed by atoms with Gasteiger partial charge in [-0.3, -0.25) is 9.20 Å². The van der Waals surface area contributed by atoms with Crippen molar-refractivity contribution in [1.82, 2.24) is 9.38 Å². The van der Waals surface area contributed by atoms with Gasteiger partial charge in [-0.25, -0.2) is 9.78 Å². The summed E-state index contributed by atoms with van der Waals surface area (Å²) in [6.45, 7) is 0. The van der Waals surface area contributed by atoms with E-state index < -0.39 is 11.5 Å². The molecule has 2 heterocycles. The summed E-state index contributed by atoms with van der Waals surface area (Å²) in [7, 11) is 0. The number of nitrogens with zero attached hydrogens (tertiary/aromatic N) is 2. The Kier molecular flexibility index (Phi) is 1.89. The second-order valence-electron chi connectivity index (χ2n) is 2.98. The summed E-state index contributed by atoms with van der Waals surface area (Å²) < 4.78 is 1.20. The minimum Gasteiger partial charge on any atom is -0.477 e. The molecule has 15 heavy (non-hydrogen) atoms. The van der Waals surface area contributed by atoms with E-state index in [1.807, 2.05) is 0 Å². The Morgan fingerprint density at radius 3 is 2.87 bits per heavy atom. The van der Waals surface area contributed by atoms with Gasteiger partial charge in [0.25, 0.3) is 5.56 Å². The highest BCUT2D eigenvalue weighted by Gasteiger charge is 2.08. The molecule has 2 aromatic rings. The van der Waals surface area contributed by atoms with Gasteiger partial charge >= 0.3 is 5.97 Å². The Labute approximate surface area is 83.6 Å². The molecule has 0 saturated heterocycles. The Hall–Kier alpha value is -2.37. The van der Waals surface area contributed by atoms with Crippen LogP contribution in [0.25, 0.3) is 5.65 Å². The number of carbonyl (C=O) groups is 1. The normalized spacial score (nSPS) is 10.4. The van der Waals surface area contributed by atoms with Crippen molar-refractivity contribution in [3.63, 3.8) is 0 Å². The first kappa shape index (κ1) is 9.20. The first-order chi connectivity index (χ1) is 7.08. The van der Waals surface area contributed by atoms with Gasteiger partial charge < -0.3 is 10.8 Å². The number of hydrogen-bond donors (Lipinski definition) is 2. The molecule has 2 rings (SSSR count). The lowest BCUT2D eigenvalue weighted by Crippen LogP contribution is -2.17. The van der Waals surface area contributed by atoms with Gasteiger partial charge in [-0.15, -0.1) is 0 Å². The third-order valence-corrected chi connectivity index (χ3v) is 1.90. The van der Waals surface area contributed by atoms with E-state index in [-0.39, 0.29) is 11.3 Å². The van der Waals surface area contributed by atoms with Crippen LogP contribution in [0.5, 0.6) is 0 Å². The summed E-state index contributed by atoms with van der Waals surface area (Å²) >= 11 is 0. The van der Waals surface area contributed by atoms with E-state index in [1.54, 1.807) is 6.07 Å². The number of carboxylic acids is 1. The van der Waals surface area contributed by atoms with Crippen molar-refractivity contribution in [2.75, 3.05) is 5.73 Å². The zero-order valence-electron chi connectivity index (χ0n) is 7.54. The molecule has 0 aliphatic rings. The molecule has 6 nitrogen and oxygen atoms in total. The molecule has 0 fully saturated rings. The van der Waals surface area contributed by atoms with E-state index in [4.69, 9.17) is 10.8 Å². The number of aromatic nitrogens is 2. The first-order valence-electron chi connectivity index (χ1n) is 4.10. The minimum absolute atomic E-state index is 0.258. The van der Waals surface area contributed by atoms with Gasteiger partial charge in [0.15, 0.2) is 5.69 Å². The van der Waals surface area contributed by atoms with Gasteiger partial charge in [-0.2, -0.15) is 0 Å². The molecule has 0 unspecified atom stereocenters. The summed E-state index contributed by atoms with van der Waals surface area (Å²) in [6, 6.07) is 3.99. The van der Waals surface area contributed by atoms with Crippen LogP contribution in [0.2, 0.25) is 0 Å². The fraction of sp³-hybridized carbons (Fsp3) is 0. The van der Waals surface area contributed by atoms with Crippen molar-refractivity contribution in [3.8, 4) is 0 Å². The Morgan fingerprint density at radius 1 is 1.47 bits per heavy atom. The quantitative estimate of drug-likeness (QED) is 0.681. The van der Waals surface area contributed by atoms with Crippen molar-refractivity contribution in [2.24, 2.45) is 0 Å². The highest BCUT2D eigenvalue weighted by Crippen LogP contribution is 2.04. The number of nitrogens with two attached hydrogens (primary N) is 1. The second kappa shape index (κ2) is 3.09. The van der Waals surface area contributed by atoms with Gasteiger partial charge in [0.1, 0.15) is 5.65 Å². The van der Waals surface area contributed by atoms with Gasteiger partial charge in [0, 0.05) is 18.0 Å². The molecule has 0 aromatic carbocycles. The number of aromatic carboxylic acids is 1. The number of carboxylic acid groups (broad SMARTS) is 1. The molecule has 2 aromatic heterocycles. The number of rotatable bonds is 1. The number of nitrogen functional groups attached to an aromatic ring is 1. The van der Waals surface area contributed by atoms with Crippen LogP contribution in [0.3, 0.4) is 0 Å². The number of fused-ring (bicyclic) bond motifs is 1. The summed E-state index contributed by atoms with van der Waals surface area (Å²) in [6.07, 6.45) is 1.40. The zero-order valence-corrected chi connectivity index (χ0v) is 7.54. The maximum Gasteiger partial charge on any atom is 0.354 e. The van der Waals surface area contributed by atoms with Crippen LogP contribution in [0.1, 0.15) is 10.5 Å². The number of pyridine rings is 1. The SMILES string of the molecule is Nc1ccc2nc(C(=O)O)cc(=O)n2c1. The number of hydrogen-bond acceptors (Lipinski definition) is 4. The maximum atomic E-state index is 11.5. The highest BCUT2D eigenvalue weighted by atomic mass is 16.4. The van der Waals surface area contributed by atoms with Crippen molar-refractivity contribution in [2.45, 2.75) is 0 Å². The monoisotopic (exact) mass is 205 g/mol. The van der Waals surface area contributed by atoms with Crippen LogP contribution in [0.4, 0.5) is 5.69 Å². The molecule has 0 spiro atoms. The topological polar surface area (TPSA) is 97.7 Å². The molecule has 0 amide bonds. The standard InChI is InChI=1S/C9H7N3O3/c10-5-1-2-7-11-6(9(14)15)3-8(13)12(7)4-5/h1-4H,10H2,(H,14,15). The third kappa shape index (κ3) is 1.52. The van der Waals surface area contributed by atoms with E-state index >= 15 is 0 Å². The van der Waals surface area contributed by atoms with E-state index in [1.165, 1.54) is 16.7 Å². The molecule has 0 radical (unpaired) electrons. The smallest absolute Gasteiger partial charge is 0.354 e. The molecule has 0 atom stereocenters. The van der Waals surface area contributed by atoms with Crippen LogP contribution in [0.15, 0.2) is 29.2 Å². The van der Waals surface area contributed by atoms with Gasteiger partial charge in [-0.05, 0) is 12.1 Å². The van der Waals surface area contributed by atoms with Crippen molar-refractivity contribution in [1.29, 1.82) is 0 Å². The van der Waals surface area contributed by atoms with E-state index in [9.17, 15) is 9.59 Å². The van der Waals surface area contributed by atoms with Gasteiger partial charge in [-0.1, -0.05) is 0 Å².